The molecule has 7 heteroatoms. The number of amides is 3. The van der Waals surface area contributed by atoms with Crippen molar-refractivity contribution in [1.82, 2.24) is 10.2 Å². The number of nitrogens with one attached hydrogen (secondary N) is 2. The van der Waals surface area contributed by atoms with Gasteiger partial charge in [0, 0.05) is 42.2 Å². The Hall–Kier alpha value is -2.67. The van der Waals surface area contributed by atoms with Gasteiger partial charge in [0.15, 0.2) is 0 Å². The van der Waals surface area contributed by atoms with Gasteiger partial charge in [-0.1, -0.05) is 6.07 Å². The van der Waals surface area contributed by atoms with E-state index in [9.17, 15) is 14.4 Å². The molecule has 0 spiro atoms. The van der Waals surface area contributed by atoms with Gasteiger partial charge in [0.2, 0.25) is 5.91 Å². The molecule has 4 rings (SSSR count). The number of aryl methyl sites for hydroxylation is 1. The third kappa shape index (κ3) is 2.99. The summed E-state index contributed by atoms with van der Waals surface area (Å²) in [6.45, 7) is 3.58. The molecule has 3 heterocycles. The van der Waals surface area contributed by atoms with Gasteiger partial charge in [0.25, 0.3) is 11.8 Å². The van der Waals surface area contributed by atoms with E-state index in [-0.39, 0.29) is 29.6 Å². The Balaban J connectivity index is 1.51. The summed E-state index contributed by atoms with van der Waals surface area (Å²) < 4.78 is 0. The van der Waals surface area contributed by atoms with E-state index >= 15 is 0 Å². The molecule has 0 bridgehead atoms. The van der Waals surface area contributed by atoms with Crippen molar-refractivity contribution in [3.63, 3.8) is 0 Å². The number of nitrogens with zero attached hydrogens (tertiary/aromatic N) is 1. The number of fused-ring (bicyclic) bond motifs is 1. The van der Waals surface area contributed by atoms with E-state index in [0.717, 1.165) is 5.56 Å². The van der Waals surface area contributed by atoms with Crippen LogP contribution in [0.2, 0.25) is 0 Å². The van der Waals surface area contributed by atoms with Crippen LogP contribution in [0.3, 0.4) is 0 Å². The molecule has 0 saturated carbocycles. The van der Waals surface area contributed by atoms with Crippen LogP contribution in [0.15, 0.2) is 35.0 Å². The molecule has 26 heavy (non-hydrogen) atoms. The summed E-state index contributed by atoms with van der Waals surface area (Å²) in [4.78, 5) is 38.7. The molecule has 2 aliphatic heterocycles. The molecule has 2 saturated heterocycles. The van der Waals surface area contributed by atoms with Crippen LogP contribution in [0.25, 0.3) is 0 Å². The van der Waals surface area contributed by atoms with Crippen molar-refractivity contribution in [1.29, 1.82) is 0 Å². The topological polar surface area (TPSA) is 78.5 Å². The van der Waals surface area contributed by atoms with E-state index in [0.29, 0.717) is 36.4 Å². The highest BCUT2D eigenvalue weighted by Gasteiger charge is 2.43. The summed E-state index contributed by atoms with van der Waals surface area (Å²) >= 11 is 1.46. The van der Waals surface area contributed by atoms with E-state index in [1.54, 1.807) is 28.5 Å². The largest absolute Gasteiger partial charge is 0.355 e. The summed E-state index contributed by atoms with van der Waals surface area (Å²) in [6.07, 6.45) is 0. The highest BCUT2D eigenvalue weighted by atomic mass is 32.1. The Bertz CT molecular complexity index is 878. The fraction of sp³-hybridized carbons (Fsp3) is 0.316. The SMILES string of the molecule is Cc1ccc(C(=O)N2C[C@@H]3CNC(=O)[C@@H]3C2)cc1NC(=O)c1ccsc1. The van der Waals surface area contributed by atoms with Crippen LogP contribution < -0.4 is 10.6 Å². The first kappa shape index (κ1) is 16.8. The summed E-state index contributed by atoms with van der Waals surface area (Å²) in [5.41, 5.74) is 2.65. The first-order chi connectivity index (χ1) is 12.5. The van der Waals surface area contributed by atoms with Crippen molar-refractivity contribution in [2.45, 2.75) is 6.92 Å². The predicted octanol–water partition coefficient (Wildman–Crippen LogP) is 2.13. The average Bonchev–Trinajstić information content (AvgIpc) is 3.35. The number of benzene rings is 1. The lowest BCUT2D eigenvalue weighted by molar-refractivity contribution is -0.122. The van der Waals surface area contributed by atoms with Crippen LogP contribution in [-0.4, -0.2) is 42.3 Å². The molecule has 2 aromatic rings. The van der Waals surface area contributed by atoms with Crippen LogP contribution >= 0.6 is 11.3 Å². The summed E-state index contributed by atoms with van der Waals surface area (Å²) in [6, 6.07) is 7.08. The first-order valence-electron chi connectivity index (χ1n) is 8.54. The summed E-state index contributed by atoms with van der Waals surface area (Å²) in [5.74, 6) is -0.140. The van der Waals surface area contributed by atoms with Crippen molar-refractivity contribution in [2.75, 3.05) is 25.0 Å². The molecule has 3 amide bonds. The van der Waals surface area contributed by atoms with Crippen molar-refractivity contribution in [3.8, 4) is 0 Å². The number of rotatable bonds is 3. The summed E-state index contributed by atoms with van der Waals surface area (Å²) in [5, 5.41) is 9.36. The minimum absolute atomic E-state index is 0.0397. The quantitative estimate of drug-likeness (QED) is 0.870. The molecule has 2 fully saturated rings. The lowest BCUT2D eigenvalue weighted by Gasteiger charge is -2.18. The maximum Gasteiger partial charge on any atom is 0.256 e. The van der Waals surface area contributed by atoms with E-state index in [4.69, 9.17) is 0 Å². The van der Waals surface area contributed by atoms with Crippen molar-refractivity contribution >= 4 is 34.7 Å². The Morgan fingerprint density at radius 2 is 2.08 bits per heavy atom. The maximum absolute atomic E-state index is 12.8. The van der Waals surface area contributed by atoms with Gasteiger partial charge >= 0.3 is 0 Å². The van der Waals surface area contributed by atoms with Gasteiger partial charge in [0.1, 0.15) is 0 Å². The van der Waals surface area contributed by atoms with Crippen molar-refractivity contribution in [3.05, 3.63) is 51.7 Å². The summed E-state index contributed by atoms with van der Waals surface area (Å²) in [7, 11) is 0. The number of carbonyl (C=O) groups excluding carboxylic acids is 3. The van der Waals surface area contributed by atoms with Gasteiger partial charge in [-0.3, -0.25) is 14.4 Å². The van der Waals surface area contributed by atoms with Crippen molar-refractivity contribution in [2.24, 2.45) is 11.8 Å². The second kappa shape index (κ2) is 6.57. The van der Waals surface area contributed by atoms with E-state index in [1.807, 2.05) is 18.4 Å². The molecule has 1 aromatic carbocycles. The molecule has 0 radical (unpaired) electrons. The van der Waals surface area contributed by atoms with Crippen LogP contribution in [0.1, 0.15) is 26.3 Å². The van der Waals surface area contributed by atoms with Gasteiger partial charge in [-0.05, 0) is 36.1 Å². The predicted molar refractivity (Wildman–Crippen MR) is 99.3 cm³/mol. The molecule has 0 unspecified atom stereocenters. The third-order valence-electron chi connectivity index (χ3n) is 5.12. The van der Waals surface area contributed by atoms with Crippen LogP contribution in [0.4, 0.5) is 5.69 Å². The van der Waals surface area contributed by atoms with Crippen molar-refractivity contribution < 1.29 is 14.4 Å². The standard InChI is InChI=1S/C19H19N3O3S/c1-11-2-3-12(6-16(11)21-17(23)13-4-5-26-10-13)19(25)22-8-14-7-20-18(24)15(14)9-22/h2-6,10,14-15H,7-9H2,1H3,(H,20,24)(H,21,23)/t14-,15+/m0/s1. The average molecular weight is 369 g/mol. The number of hydrogen-bond donors (Lipinski definition) is 2. The molecule has 0 aliphatic carbocycles. The van der Waals surface area contributed by atoms with Crippen LogP contribution in [0.5, 0.6) is 0 Å². The van der Waals surface area contributed by atoms with Gasteiger partial charge in [-0.25, -0.2) is 0 Å². The molecule has 2 atom stereocenters. The van der Waals surface area contributed by atoms with E-state index in [1.165, 1.54) is 11.3 Å². The molecule has 6 nitrogen and oxygen atoms in total. The minimum Gasteiger partial charge on any atom is -0.355 e. The second-order valence-electron chi connectivity index (χ2n) is 6.82. The van der Waals surface area contributed by atoms with Gasteiger partial charge in [-0.15, -0.1) is 0 Å². The normalized spacial score (nSPS) is 21.4. The van der Waals surface area contributed by atoms with Gasteiger partial charge in [-0.2, -0.15) is 11.3 Å². The van der Waals surface area contributed by atoms with Gasteiger partial charge < -0.3 is 15.5 Å². The molecule has 2 aliphatic rings. The maximum atomic E-state index is 12.8. The first-order valence-corrected chi connectivity index (χ1v) is 9.48. The van der Waals surface area contributed by atoms with Crippen LogP contribution in [-0.2, 0) is 4.79 Å². The number of anilines is 1. The molecule has 2 N–H and O–H groups in total. The molecule has 134 valence electrons. The zero-order valence-corrected chi connectivity index (χ0v) is 15.1. The molecular formula is C19H19N3O3S. The van der Waals surface area contributed by atoms with Gasteiger partial charge in [0.05, 0.1) is 11.5 Å². The highest BCUT2D eigenvalue weighted by Crippen LogP contribution is 2.29. The molecular weight excluding hydrogens is 350 g/mol. The zero-order valence-electron chi connectivity index (χ0n) is 14.3. The Morgan fingerprint density at radius 3 is 2.81 bits per heavy atom. The smallest absolute Gasteiger partial charge is 0.256 e. The number of carbonyl (C=O) groups is 3. The number of likely N-dealkylation sites (tertiary alicyclic amines) is 1. The lowest BCUT2D eigenvalue weighted by atomic mass is 10.0. The Kier molecular flexibility index (Phi) is 4.24. The van der Waals surface area contributed by atoms with E-state index in [2.05, 4.69) is 10.6 Å². The highest BCUT2D eigenvalue weighted by molar-refractivity contribution is 7.08. The zero-order chi connectivity index (χ0) is 18.3. The van der Waals surface area contributed by atoms with E-state index < -0.39 is 0 Å². The fourth-order valence-electron chi connectivity index (χ4n) is 3.56. The Labute approximate surface area is 155 Å². The fourth-order valence-corrected chi connectivity index (χ4v) is 4.20. The second-order valence-corrected chi connectivity index (χ2v) is 7.60. The number of thiophene rings is 1. The third-order valence-corrected chi connectivity index (χ3v) is 5.80. The minimum atomic E-state index is -0.189. The van der Waals surface area contributed by atoms with Crippen LogP contribution in [0, 0.1) is 18.8 Å². The molecule has 1 aromatic heterocycles. The monoisotopic (exact) mass is 369 g/mol. The Morgan fingerprint density at radius 1 is 1.23 bits per heavy atom. The lowest BCUT2D eigenvalue weighted by Crippen LogP contribution is -2.33. The number of hydrogen-bond acceptors (Lipinski definition) is 4.